The average Bonchev–Trinajstić information content (AvgIpc) is 3.07. The number of carbonyl (C=O) groups excluding carboxylic acids is 1. The number of benzene rings is 4. The smallest absolute Gasteiger partial charge is 0.247 e. The van der Waals surface area contributed by atoms with Crippen molar-refractivity contribution < 1.29 is 9.90 Å². The molecule has 0 saturated heterocycles. The zero-order valence-electron chi connectivity index (χ0n) is 40.3. The molecular weight excluding hydrogens is 707 g/mol. The van der Waals surface area contributed by atoms with Crippen molar-refractivity contribution in [3.8, 4) is 5.75 Å². The molecule has 0 unspecified atom stereocenters. The van der Waals surface area contributed by atoms with Crippen LogP contribution in [0.3, 0.4) is 0 Å². The molecule has 0 aliphatic carbocycles. The molecule has 1 amide bonds. The minimum absolute atomic E-state index is 0.148. The Kier molecular flexibility index (Phi) is 22.7. The number of phenolic OH excluding ortho intramolecular Hbond substituents is 1. The molecule has 2 N–H and O–H groups in total. The number of carbonyl (C=O) groups is 1. The van der Waals surface area contributed by atoms with Crippen LogP contribution in [0.5, 0.6) is 5.75 Å². The highest BCUT2D eigenvalue weighted by Crippen LogP contribution is 2.32. The van der Waals surface area contributed by atoms with Crippen LogP contribution in [0.2, 0.25) is 0 Å². The van der Waals surface area contributed by atoms with Crippen molar-refractivity contribution in [2.45, 2.75) is 187 Å². The molecule has 0 saturated carbocycles. The van der Waals surface area contributed by atoms with Gasteiger partial charge in [0.15, 0.2) is 0 Å². The highest BCUT2D eigenvalue weighted by atomic mass is 16.3. The second-order valence-corrected chi connectivity index (χ2v) is 17.8. The quantitative estimate of drug-likeness (QED) is 0.140. The molecule has 3 heteroatoms. The number of phenols is 1. The van der Waals surface area contributed by atoms with Crippen molar-refractivity contribution in [2.24, 2.45) is 0 Å². The fourth-order valence-corrected chi connectivity index (χ4v) is 8.78. The molecule has 0 fully saturated rings. The summed E-state index contributed by atoms with van der Waals surface area (Å²) in [6.45, 7) is 42.8. The van der Waals surface area contributed by atoms with Gasteiger partial charge in [0, 0.05) is 5.69 Å². The van der Waals surface area contributed by atoms with Crippen molar-refractivity contribution in [1.29, 1.82) is 0 Å². The minimum atomic E-state index is -0.148. The molecule has 0 aliphatic heterocycles. The summed E-state index contributed by atoms with van der Waals surface area (Å²) in [6, 6.07) is 17.5. The largest absolute Gasteiger partial charge is 0.508 e. The lowest BCUT2D eigenvalue weighted by molar-refractivity contribution is -0.111. The summed E-state index contributed by atoms with van der Waals surface area (Å²) in [6.07, 6.45) is 8.11. The summed E-state index contributed by atoms with van der Waals surface area (Å²) in [7, 11) is 0. The van der Waals surface area contributed by atoms with Gasteiger partial charge in [0.05, 0.1) is 0 Å². The van der Waals surface area contributed by atoms with E-state index in [1.165, 1.54) is 74.6 Å². The predicted octanol–water partition coefficient (Wildman–Crippen LogP) is 16.1. The van der Waals surface area contributed by atoms with E-state index in [0.29, 0.717) is 29.4 Å². The van der Waals surface area contributed by atoms with Gasteiger partial charge in [-0.3, -0.25) is 4.79 Å². The zero-order valence-corrected chi connectivity index (χ0v) is 40.3. The van der Waals surface area contributed by atoms with Gasteiger partial charge in [0.1, 0.15) is 5.75 Å². The van der Waals surface area contributed by atoms with Crippen LogP contribution in [-0.4, -0.2) is 11.0 Å². The van der Waals surface area contributed by atoms with Crippen molar-refractivity contribution in [2.75, 3.05) is 5.32 Å². The van der Waals surface area contributed by atoms with Gasteiger partial charge in [-0.25, -0.2) is 0 Å². The van der Waals surface area contributed by atoms with E-state index < -0.39 is 0 Å². The summed E-state index contributed by atoms with van der Waals surface area (Å²) in [5.41, 5.74) is 20.0. The Morgan fingerprint density at radius 1 is 0.517 bits per heavy atom. The lowest BCUT2D eigenvalue weighted by Crippen LogP contribution is -2.12. The summed E-state index contributed by atoms with van der Waals surface area (Å²) in [5, 5.41) is 12.8. The molecule has 0 heterocycles. The molecule has 58 heavy (non-hydrogen) atoms. The van der Waals surface area contributed by atoms with Crippen molar-refractivity contribution in [3.05, 3.63) is 139 Å². The average molecular weight is 790 g/mol. The number of anilines is 1. The highest BCUT2D eigenvalue weighted by Gasteiger charge is 2.15. The maximum Gasteiger partial charge on any atom is 0.247 e. The standard InChI is InChI=1S/C16H23NO.C14H22.C13H20O.C12H18/c1-6-8-13-9-12(5)10-14(16(13)11(3)4)17-15(18)7-2;1-6-7-13-9-11(4)8-12(5)14(13)10(2)3;1-5-6-11-7-10(4)8-12(14)13(11)9(2)3;1-8(2)12-10(4)6-9(3)7-11(12)5/h7,9-11H,2,6,8H2,1,3-5H3,(H,17,18);8-10H,6-7H2,1-5H3;7-9,14H,5-6H2,1-4H3;6-8H,1-5H3. The number of hydrogen-bond donors (Lipinski definition) is 2. The Labute approximate surface area is 357 Å². The molecule has 0 radical (unpaired) electrons. The summed E-state index contributed by atoms with van der Waals surface area (Å²) < 4.78 is 0. The number of rotatable bonds is 12. The Morgan fingerprint density at radius 3 is 1.22 bits per heavy atom. The first-order valence-electron chi connectivity index (χ1n) is 22.2. The maximum atomic E-state index is 11.5. The van der Waals surface area contributed by atoms with Gasteiger partial charge in [-0.1, -0.05) is 150 Å². The molecule has 0 atom stereocenters. The Hall–Kier alpha value is -4.11. The van der Waals surface area contributed by atoms with Crippen LogP contribution >= 0.6 is 0 Å². The Morgan fingerprint density at radius 2 is 0.845 bits per heavy atom. The van der Waals surface area contributed by atoms with Gasteiger partial charge in [-0.2, -0.15) is 0 Å². The second-order valence-electron chi connectivity index (χ2n) is 17.8. The van der Waals surface area contributed by atoms with E-state index in [-0.39, 0.29) is 5.91 Å². The number of aromatic hydroxyl groups is 1. The van der Waals surface area contributed by atoms with Crippen LogP contribution in [0.4, 0.5) is 5.69 Å². The van der Waals surface area contributed by atoms with Crippen LogP contribution in [0, 0.1) is 48.5 Å². The predicted molar refractivity (Wildman–Crippen MR) is 258 cm³/mol. The topological polar surface area (TPSA) is 49.3 Å². The van der Waals surface area contributed by atoms with Gasteiger partial charge < -0.3 is 10.4 Å². The van der Waals surface area contributed by atoms with Gasteiger partial charge in [-0.15, -0.1) is 0 Å². The molecule has 0 spiro atoms. The SMILES string of the molecule is C=CC(=O)Nc1cc(C)cc(CCC)c1C(C)C.CCCc1cc(C)cc(C)c1C(C)C.CCCc1cc(C)cc(O)c1C(C)C.Cc1cc(C)c(C(C)C)c(C)c1. The van der Waals surface area contributed by atoms with Crippen molar-refractivity contribution in [1.82, 2.24) is 0 Å². The molecular formula is C55H83NO2. The normalized spacial score (nSPS) is 10.8. The Balaban J connectivity index is 0.000000391. The van der Waals surface area contributed by atoms with Gasteiger partial charge in [0.25, 0.3) is 0 Å². The van der Waals surface area contributed by atoms with E-state index in [4.69, 9.17) is 0 Å². The van der Waals surface area contributed by atoms with Crippen LogP contribution in [-0.2, 0) is 24.1 Å². The fraction of sp³-hybridized carbons (Fsp3) is 0.509. The third-order valence-corrected chi connectivity index (χ3v) is 10.5. The monoisotopic (exact) mass is 790 g/mol. The first-order chi connectivity index (χ1) is 27.1. The number of aryl methyl sites for hydroxylation is 10. The van der Waals surface area contributed by atoms with Gasteiger partial charge in [-0.05, 0) is 176 Å². The van der Waals surface area contributed by atoms with Crippen LogP contribution in [0.15, 0.2) is 61.2 Å². The van der Waals surface area contributed by atoms with Gasteiger partial charge in [0.2, 0.25) is 5.91 Å². The van der Waals surface area contributed by atoms with E-state index in [9.17, 15) is 9.90 Å². The number of nitrogens with one attached hydrogen (secondary N) is 1. The van der Waals surface area contributed by atoms with Crippen LogP contribution in [0.25, 0.3) is 0 Å². The van der Waals surface area contributed by atoms with E-state index >= 15 is 0 Å². The lowest BCUT2D eigenvalue weighted by atomic mass is 9.89. The molecule has 0 aromatic heterocycles. The summed E-state index contributed by atoms with van der Waals surface area (Å²) in [5.74, 6) is 2.40. The summed E-state index contributed by atoms with van der Waals surface area (Å²) in [4.78, 5) is 11.5. The molecule has 4 aromatic rings. The number of hydrogen-bond acceptors (Lipinski definition) is 2. The zero-order chi connectivity index (χ0) is 44.4. The van der Waals surface area contributed by atoms with Crippen molar-refractivity contribution >= 4 is 11.6 Å². The first kappa shape index (κ1) is 51.9. The van der Waals surface area contributed by atoms with E-state index in [2.05, 4.69) is 166 Å². The van der Waals surface area contributed by atoms with E-state index in [1.807, 2.05) is 19.1 Å². The third-order valence-electron chi connectivity index (χ3n) is 10.5. The highest BCUT2D eigenvalue weighted by molar-refractivity contribution is 5.99. The first-order valence-corrected chi connectivity index (χ1v) is 22.2. The molecule has 4 rings (SSSR count). The third kappa shape index (κ3) is 16.3. The maximum absolute atomic E-state index is 11.5. The molecule has 3 nitrogen and oxygen atoms in total. The fourth-order valence-electron chi connectivity index (χ4n) is 8.78. The van der Waals surface area contributed by atoms with E-state index in [0.717, 1.165) is 42.5 Å². The molecule has 320 valence electrons. The minimum Gasteiger partial charge on any atom is -0.508 e. The van der Waals surface area contributed by atoms with E-state index in [1.54, 1.807) is 11.1 Å². The second kappa shape index (κ2) is 25.4. The van der Waals surface area contributed by atoms with Crippen molar-refractivity contribution in [3.63, 3.8) is 0 Å². The molecule has 0 aliphatic rings. The van der Waals surface area contributed by atoms with Gasteiger partial charge >= 0.3 is 0 Å². The molecule has 0 bridgehead atoms. The number of amides is 1. The lowest BCUT2D eigenvalue weighted by Gasteiger charge is -2.19. The summed E-state index contributed by atoms with van der Waals surface area (Å²) >= 11 is 0. The molecule has 4 aromatic carbocycles. The Bertz CT molecular complexity index is 1820. The van der Waals surface area contributed by atoms with Crippen LogP contribution in [0.1, 0.15) is 197 Å². The van der Waals surface area contributed by atoms with Crippen LogP contribution < -0.4 is 5.32 Å².